The van der Waals surface area contributed by atoms with E-state index in [1.165, 1.54) is 11.0 Å². The molecule has 1 aliphatic rings. The molecular formula is C12H15BrN2O3S. The third-order valence-corrected chi connectivity index (χ3v) is 5.50. The maximum Gasteiger partial charge on any atom is 0.241 e. The number of nitrogens with zero attached hydrogens (tertiary/aromatic N) is 1. The van der Waals surface area contributed by atoms with Gasteiger partial charge in [0, 0.05) is 18.1 Å². The van der Waals surface area contributed by atoms with Crippen molar-refractivity contribution >= 4 is 31.9 Å². The van der Waals surface area contributed by atoms with Crippen LogP contribution in [0.3, 0.4) is 0 Å². The predicted octanol–water partition coefficient (Wildman–Crippen LogP) is 1.27. The van der Waals surface area contributed by atoms with Crippen LogP contribution >= 0.6 is 15.9 Å². The molecular weight excluding hydrogens is 332 g/mol. The summed E-state index contributed by atoms with van der Waals surface area (Å²) in [7, 11) is -2.00. The summed E-state index contributed by atoms with van der Waals surface area (Å²) < 4.78 is 27.6. The number of halogens is 1. The van der Waals surface area contributed by atoms with Crippen LogP contribution in [0.2, 0.25) is 0 Å². The molecule has 7 heteroatoms. The highest BCUT2D eigenvalue weighted by atomic mass is 79.9. The van der Waals surface area contributed by atoms with Crippen LogP contribution in [-0.2, 0) is 14.8 Å². The van der Waals surface area contributed by atoms with Crippen molar-refractivity contribution in [2.75, 3.05) is 13.6 Å². The number of aryl methyl sites for hydroxylation is 1. The minimum absolute atomic E-state index is 0.160. The second kappa shape index (κ2) is 5.22. The molecule has 5 nitrogen and oxygen atoms in total. The van der Waals surface area contributed by atoms with Crippen molar-refractivity contribution in [1.82, 2.24) is 9.62 Å². The van der Waals surface area contributed by atoms with E-state index in [1.807, 2.05) is 6.92 Å². The van der Waals surface area contributed by atoms with Gasteiger partial charge in [0.1, 0.15) is 6.04 Å². The lowest BCUT2D eigenvalue weighted by Crippen LogP contribution is -2.40. The standard InChI is InChI=1S/C12H15BrN2O3S/c1-8-3-4-9(7-10(8)13)19(17,18)14-11-5-6-15(2)12(11)16/h3-4,7,11,14H,5-6H2,1-2H3/t11-/m0/s1. The van der Waals surface area contributed by atoms with Gasteiger partial charge in [0.15, 0.2) is 0 Å². The van der Waals surface area contributed by atoms with Crippen molar-refractivity contribution in [3.8, 4) is 0 Å². The van der Waals surface area contributed by atoms with E-state index in [1.54, 1.807) is 19.2 Å². The van der Waals surface area contributed by atoms with E-state index in [0.29, 0.717) is 13.0 Å². The minimum Gasteiger partial charge on any atom is -0.344 e. The highest BCUT2D eigenvalue weighted by Crippen LogP contribution is 2.21. The fourth-order valence-corrected chi connectivity index (χ4v) is 3.71. The van der Waals surface area contributed by atoms with Gasteiger partial charge in [-0.25, -0.2) is 8.42 Å². The number of hydrogen-bond donors (Lipinski definition) is 1. The lowest BCUT2D eigenvalue weighted by molar-refractivity contribution is -0.127. The average Bonchev–Trinajstić information content (AvgIpc) is 2.64. The van der Waals surface area contributed by atoms with Crippen LogP contribution in [-0.4, -0.2) is 38.9 Å². The number of rotatable bonds is 3. The van der Waals surface area contributed by atoms with Gasteiger partial charge < -0.3 is 4.90 Å². The first-order valence-corrected chi connectivity index (χ1v) is 8.12. The summed E-state index contributed by atoms with van der Waals surface area (Å²) in [5.74, 6) is -0.185. The average molecular weight is 347 g/mol. The number of hydrogen-bond acceptors (Lipinski definition) is 3. The van der Waals surface area contributed by atoms with Gasteiger partial charge in [-0.05, 0) is 31.0 Å². The number of sulfonamides is 1. The summed E-state index contributed by atoms with van der Waals surface area (Å²) in [4.78, 5) is 13.4. The first kappa shape index (κ1) is 14.5. The van der Waals surface area contributed by atoms with E-state index >= 15 is 0 Å². The van der Waals surface area contributed by atoms with Gasteiger partial charge in [-0.3, -0.25) is 4.79 Å². The Balaban J connectivity index is 2.23. The molecule has 2 rings (SSSR count). The number of amides is 1. The SMILES string of the molecule is Cc1ccc(S(=O)(=O)N[C@H]2CCN(C)C2=O)cc1Br. The van der Waals surface area contributed by atoms with E-state index < -0.39 is 16.1 Å². The fourth-order valence-electron chi connectivity index (χ4n) is 1.93. The van der Waals surface area contributed by atoms with Gasteiger partial charge >= 0.3 is 0 Å². The molecule has 0 radical (unpaired) electrons. The maximum atomic E-state index is 12.2. The Morgan fingerprint density at radius 3 is 2.63 bits per heavy atom. The lowest BCUT2D eigenvalue weighted by atomic mass is 10.2. The van der Waals surface area contributed by atoms with Gasteiger partial charge in [-0.15, -0.1) is 0 Å². The predicted molar refractivity (Wildman–Crippen MR) is 75.2 cm³/mol. The largest absolute Gasteiger partial charge is 0.344 e. The third-order valence-electron chi connectivity index (χ3n) is 3.18. The van der Waals surface area contributed by atoms with Gasteiger partial charge in [0.05, 0.1) is 4.90 Å². The number of carbonyl (C=O) groups excluding carboxylic acids is 1. The van der Waals surface area contributed by atoms with E-state index in [4.69, 9.17) is 0 Å². The molecule has 19 heavy (non-hydrogen) atoms. The third kappa shape index (κ3) is 2.98. The van der Waals surface area contributed by atoms with Crippen LogP contribution < -0.4 is 4.72 Å². The van der Waals surface area contributed by atoms with E-state index in [2.05, 4.69) is 20.7 Å². The van der Waals surface area contributed by atoms with E-state index in [-0.39, 0.29) is 10.8 Å². The summed E-state index contributed by atoms with van der Waals surface area (Å²) in [5, 5.41) is 0. The fraction of sp³-hybridized carbons (Fsp3) is 0.417. The molecule has 1 N–H and O–H groups in total. The monoisotopic (exact) mass is 346 g/mol. The molecule has 1 saturated heterocycles. The van der Waals surface area contributed by atoms with Crippen LogP contribution in [0.4, 0.5) is 0 Å². The molecule has 1 aliphatic heterocycles. The Kier molecular flexibility index (Phi) is 3.98. The smallest absolute Gasteiger partial charge is 0.241 e. The highest BCUT2D eigenvalue weighted by Gasteiger charge is 2.32. The van der Waals surface area contributed by atoms with Crippen molar-refractivity contribution in [3.63, 3.8) is 0 Å². The lowest BCUT2D eigenvalue weighted by Gasteiger charge is -2.13. The zero-order valence-electron chi connectivity index (χ0n) is 10.7. The zero-order valence-corrected chi connectivity index (χ0v) is 13.1. The van der Waals surface area contributed by atoms with Crippen molar-refractivity contribution in [2.45, 2.75) is 24.3 Å². The molecule has 1 aromatic carbocycles. The first-order chi connectivity index (χ1) is 8.81. The summed E-state index contributed by atoms with van der Waals surface area (Å²) in [5.41, 5.74) is 0.954. The van der Waals surface area contributed by atoms with E-state index in [9.17, 15) is 13.2 Å². The molecule has 0 saturated carbocycles. The Morgan fingerprint density at radius 1 is 1.42 bits per heavy atom. The van der Waals surface area contributed by atoms with Crippen molar-refractivity contribution in [3.05, 3.63) is 28.2 Å². The number of likely N-dealkylation sites (tertiary alicyclic amines) is 1. The summed E-state index contributed by atoms with van der Waals surface area (Å²) in [6, 6.07) is 4.14. The zero-order chi connectivity index (χ0) is 14.2. The molecule has 1 fully saturated rings. The number of benzene rings is 1. The molecule has 104 valence electrons. The van der Waals surface area contributed by atoms with Gasteiger partial charge in [-0.2, -0.15) is 4.72 Å². The van der Waals surface area contributed by atoms with Crippen molar-refractivity contribution < 1.29 is 13.2 Å². The van der Waals surface area contributed by atoms with Crippen molar-refractivity contribution in [2.24, 2.45) is 0 Å². The summed E-state index contributed by atoms with van der Waals surface area (Å²) in [6.07, 6.45) is 0.502. The number of carbonyl (C=O) groups is 1. The van der Waals surface area contributed by atoms with Crippen LogP contribution in [0.5, 0.6) is 0 Å². The summed E-state index contributed by atoms with van der Waals surface area (Å²) >= 11 is 3.31. The quantitative estimate of drug-likeness (QED) is 0.896. The number of likely N-dealkylation sites (N-methyl/N-ethyl adjacent to an activating group) is 1. The molecule has 0 bridgehead atoms. The van der Waals surface area contributed by atoms with Crippen LogP contribution in [0.25, 0.3) is 0 Å². The van der Waals surface area contributed by atoms with E-state index in [0.717, 1.165) is 10.0 Å². The highest BCUT2D eigenvalue weighted by molar-refractivity contribution is 9.10. The first-order valence-electron chi connectivity index (χ1n) is 5.85. The molecule has 0 aromatic heterocycles. The summed E-state index contributed by atoms with van der Waals surface area (Å²) in [6.45, 7) is 2.45. The van der Waals surface area contributed by atoms with Gasteiger partial charge in [0.25, 0.3) is 0 Å². The second-order valence-corrected chi connectivity index (χ2v) is 7.20. The molecule has 0 aliphatic carbocycles. The molecule has 1 heterocycles. The van der Waals surface area contributed by atoms with Crippen LogP contribution in [0.15, 0.2) is 27.6 Å². The normalized spacial score (nSPS) is 20.1. The Morgan fingerprint density at radius 2 is 2.11 bits per heavy atom. The van der Waals surface area contributed by atoms with Gasteiger partial charge in [0.2, 0.25) is 15.9 Å². The molecule has 1 aromatic rings. The molecule has 0 unspecified atom stereocenters. The minimum atomic E-state index is -3.67. The van der Waals surface area contributed by atoms with Crippen molar-refractivity contribution in [1.29, 1.82) is 0 Å². The van der Waals surface area contributed by atoms with Gasteiger partial charge in [-0.1, -0.05) is 22.0 Å². The Labute approximate surface area is 121 Å². The Bertz CT molecular complexity index is 615. The van der Waals surface area contributed by atoms with Crippen LogP contribution in [0.1, 0.15) is 12.0 Å². The molecule has 1 amide bonds. The van der Waals surface area contributed by atoms with Crippen LogP contribution in [0, 0.1) is 6.92 Å². The molecule has 0 spiro atoms. The number of nitrogens with one attached hydrogen (secondary N) is 1. The maximum absolute atomic E-state index is 12.2. The molecule has 1 atom stereocenters. The Hall–Kier alpha value is -0.920. The topological polar surface area (TPSA) is 66.5 Å². The second-order valence-electron chi connectivity index (χ2n) is 4.63.